The molecule has 1 fully saturated rings. The van der Waals surface area contributed by atoms with Gasteiger partial charge >= 0.3 is 0 Å². The number of nitrogens with zero attached hydrogens (tertiary/aromatic N) is 4. The summed E-state index contributed by atoms with van der Waals surface area (Å²) in [5.41, 5.74) is 2.53. The maximum Gasteiger partial charge on any atom is 0.223 e. The Morgan fingerprint density at radius 3 is 2.75 bits per heavy atom. The van der Waals surface area contributed by atoms with Crippen molar-refractivity contribution < 1.29 is 9.32 Å². The van der Waals surface area contributed by atoms with E-state index in [1.54, 1.807) is 0 Å². The summed E-state index contributed by atoms with van der Waals surface area (Å²) >= 11 is 0. The van der Waals surface area contributed by atoms with Crippen molar-refractivity contribution in [1.29, 1.82) is 0 Å². The lowest BCUT2D eigenvalue weighted by molar-refractivity contribution is -0.137. The topological polar surface area (TPSA) is 72.1 Å². The first-order valence-electron chi connectivity index (χ1n) is 10.4. The van der Waals surface area contributed by atoms with Gasteiger partial charge in [0.25, 0.3) is 0 Å². The average Bonchev–Trinajstić information content (AvgIpc) is 3.07. The second-order valence-electron chi connectivity index (χ2n) is 9.00. The number of aromatic nitrogens is 3. The molecular formula is C22H32N4O2. The lowest BCUT2D eigenvalue weighted by atomic mass is 9.89. The molecule has 6 heteroatoms. The zero-order valence-corrected chi connectivity index (χ0v) is 17.8. The highest BCUT2D eigenvalue weighted by Crippen LogP contribution is 2.37. The molecule has 28 heavy (non-hydrogen) atoms. The number of rotatable bonds is 5. The van der Waals surface area contributed by atoms with Crippen LogP contribution in [0.5, 0.6) is 0 Å². The number of likely N-dealkylation sites (tertiary alicyclic amines) is 1. The minimum absolute atomic E-state index is 0.0387. The van der Waals surface area contributed by atoms with Crippen LogP contribution >= 0.6 is 0 Å². The van der Waals surface area contributed by atoms with Gasteiger partial charge in [0, 0.05) is 31.6 Å². The van der Waals surface area contributed by atoms with E-state index in [0.29, 0.717) is 12.2 Å². The van der Waals surface area contributed by atoms with E-state index in [4.69, 9.17) is 9.51 Å². The van der Waals surface area contributed by atoms with E-state index in [-0.39, 0.29) is 17.4 Å². The summed E-state index contributed by atoms with van der Waals surface area (Å²) in [7, 11) is 0. The van der Waals surface area contributed by atoms with Crippen molar-refractivity contribution in [3.63, 3.8) is 0 Å². The summed E-state index contributed by atoms with van der Waals surface area (Å²) in [5, 5.41) is 4.03. The zero-order chi connectivity index (χ0) is 20.3. The van der Waals surface area contributed by atoms with Crippen LogP contribution < -0.4 is 0 Å². The third-order valence-electron chi connectivity index (χ3n) is 5.06. The normalized spacial score (nSPS) is 17.8. The second kappa shape index (κ2) is 8.41. The Bertz CT molecular complexity index is 822. The minimum Gasteiger partial charge on any atom is -0.356 e. The number of aryl methyl sites for hydroxylation is 2. The molecule has 1 saturated heterocycles. The van der Waals surface area contributed by atoms with Crippen molar-refractivity contribution in [2.24, 2.45) is 5.41 Å². The van der Waals surface area contributed by atoms with Crippen molar-refractivity contribution in [2.75, 3.05) is 6.54 Å². The molecule has 0 radical (unpaired) electrons. The Morgan fingerprint density at radius 2 is 2.11 bits per heavy atom. The molecule has 6 nitrogen and oxygen atoms in total. The Balaban J connectivity index is 2.02. The van der Waals surface area contributed by atoms with E-state index < -0.39 is 0 Å². The molecule has 0 aromatic carbocycles. The molecule has 3 rings (SSSR count). The summed E-state index contributed by atoms with van der Waals surface area (Å²) in [6.45, 7) is 11.1. The Kier molecular flexibility index (Phi) is 6.16. The highest BCUT2D eigenvalue weighted by Gasteiger charge is 2.33. The summed E-state index contributed by atoms with van der Waals surface area (Å²) in [6, 6.07) is 1.87. The van der Waals surface area contributed by atoms with Gasteiger partial charge in [-0.2, -0.15) is 0 Å². The van der Waals surface area contributed by atoms with Gasteiger partial charge in [-0.1, -0.05) is 32.9 Å². The van der Waals surface area contributed by atoms with Crippen LogP contribution in [0.25, 0.3) is 11.3 Å². The number of hydrogen-bond donors (Lipinski definition) is 0. The van der Waals surface area contributed by atoms with Crippen molar-refractivity contribution >= 4 is 5.91 Å². The Morgan fingerprint density at radius 1 is 1.32 bits per heavy atom. The lowest BCUT2D eigenvalue weighted by Crippen LogP contribution is -2.40. The summed E-state index contributed by atoms with van der Waals surface area (Å²) in [6.07, 6.45) is 7.23. The van der Waals surface area contributed by atoms with Crippen LogP contribution in [0.2, 0.25) is 0 Å². The van der Waals surface area contributed by atoms with Gasteiger partial charge in [0.2, 0.25) is 5.91 Å². The van der Waals surface area contributed by atoms with E-state index >= 15 is 0 Å². The summed E-state index contributed by atoms with van der Waals surface area (Å²) in [4.78, 5) is 24.6. The van der Waals surface area contributed by atoms with Gasteiger partial charge in [0.05, 0.1) is 23.0 Å². The number of amides is 1. The molecule has 152 valence electrons. The number of piperidine rings is 1. The van der Waals surface area contributed by atoms with Gasteiger partial charge < -0.3 is 9.42 Å². The molecule has 1 amide bonds. The van der Waals surface area contributed by atoms with E-state index in [9.17, 15) is 4.79 Å². The van der Waals surface area contributed by atoms with Crippen LogP contribution in [0.15, 0.2) is 16.8 Å². The fraction of sp³-hybridized carbons (Fsp3) is 0.636. The summed E-state index contributed by atoms with van der Waals surface area (Å²) in [5.74, 6) is 1.70. The molecule has 1 aliphatic rings. The van der Waals surface area contributed by atoms with Crippen LogP contribution in [0.4, 0.5) is 0 Å². The first-order valence-corrected chi connectivity index (χ1v) is 10.4. The predicted molar refractivity (Wildman–Crippen MR) is 109 cm³/mol. The highest BCUT2D eigenvalue weighted by molar-refractivity contribution is 5.78. The first kappa shape index (κ1) is 20.5. The van der Waals surface area contributed by atoms with Crippen LogP contribution in [0.3, 0.4) is 0 Å². The molecule has 0 bridgehead atoms. The molecule has 0 saturated carbocycles. The number of hydrogen-bond acceptors (Lipinski definition) is 5. The van der Waals surface area contributed by atoms with Gasteiger partial charge in [0.15, 0.2) is 5.76 Å². The van der Waals surface area contributed by atoms with E-state index in [1.807, 2.05) is 24.1 Å². The van der Waals surface area contributed by atoms with Crippen molar-refractivity contribution in [3.05, 3.63) is 29.5 Å². The van der Waals surface area contributed by atoms with Gasteiger partial charge in [-0.05, 0) is 38.0 Å². The minimum atomic E-state index is -0.0392. The zero-order valence-electron chi connectivity index (χ0n) is 17.8. The molecule has 3 heterocycles. The third kappa shape index (κ3) is 4.78. The van der Waals surface area contributed by atoms with Crippen LogP contribution in [-0.2, 0) is 11.2 Å². The molecule has 0 spiro atoms. The maximum atomic E-state index is 13.1. The molecule has 1 atom stereocenters. The molecule has 1 aliphatic heterocycles. The highest BCUT2D eigenvalue weighted by atomic mass is 16.5. The Labute approximate surface area is 167 Å². The Hall–Kier alpha value is -2.24. The van der Waals surface area contributed by atoms with Gasteiger partial charge in [-0.3, -0.25) is 4.79 Å². The quantitative estimate of drug-likeness (QED) is 0.734. The number of carbonyl (C=O) groups is 1. The fourth-order valence-electron chi connectivity index (χ4n) is 3.78. The molecule has 2 aromatic rings. The van der Waals surface area contributed by atoms with Gasteiger partial charge in [0.1, 0.15) is 5.82 Å². The fourth-order valence-corrected chi connectivity index (χ4v) is 3.78. The van der Waals surface area contributed by atoms with Crippen molar-refractivity contribution in [2.45, 2.75) is 79.2 Å². The standard InChI is InChI=1S/C22H32N4O2/c1-6-9-19-23-14-16(18-12-15(2)25-28-18)21(24-19)17-10-7-8-11-26(17)20(27)13-22(3,4)5/h12,14,17H,6-11,13H2,1-5H3/t17-/m1/s1. The van der Waals surface area contributed by atoms with Crippen LogP contribution in [0.1, 0.15) is 83.1 Å². The second-order valence-corrected chi connectivity index (χ2v) is 9.00. The van der Waals surface area contributed by atoms with Crippen LogP contribution in [-0.4, -0.2) is 32.5 Å². The average molecular weight is 385 g/mol. The van der Waals surface area contributed by atoms with Crippen molar-refractivity contribution in [3.8, 4) is 11.3 Å². The first-order chi connectivity index (χ1) is 13.3. The molecule has 0 aliphatic carbocycles. The van der Waals surface area contributed by atoms with E-state index in [0.717, 1.165) is 61.4 Å². The lowest BCUT2D eigenvalue weighted by Gasteiger charge is -2.37. The van der Waals surface area contributed by atoms with Crippen molar-refractivity contribution in [1.82, 2.24) is 20.0 Å². The van der Waals surface area contributed by atoms with Gasteiger partial charge in [-0.15, -0.1) is 0 Å². The van der Waals surface area contributed by atoms with Crippen LogP contribution in [0, 0.1) is 12.3 Å². The van der Waals surface area contributed by atoms with Gasteiger partial charge in [-0.25, -0.2) is 9.97 Å². The smallest absolute Gasteiger partial charge is 0.223 e. The number of carbonyl (C=O) groups excluding carboxylic acids is 1. The largest absolute Gasteiger partial charge is 0.356 e. The molecule has 0 unspecified atom stereocenters. The molecule has 2 aromatic heterocycles. The summed E-state index contributed by atoms with van der Waals surface area (Å²) < 4.78 is 5.52. The monoisotopic (exact) mass is 384 g/mol. The molecular weight excluding hydrogens is 352 g/mol. The predicted octanol–water partition coefficient (Wildman–Crippen LogP) is 4.88. The SMILES string of the molecule is CCCc1ncc(-c2cc(C)no2)c([C@H]2CCCCN2C(=O)CC(C)(C)C)n1. The van der Waals surface area contributed by atoms with E-state index in [1.165, 1.54) is 0 Å². The van der Waals surface area contributed by atoms with E-state index in [2.05, 4.69) is 37.8 Å². The maximum absolute atomic E-state index is 13.1. The third-order valence-corrected chi connectivity index (χ3v) is 5.06. The molecule has 0 N–H and O–H groups in total.